The molecule has 3 unspecified atom stereocenters. The van der Waals surface area contributed by atoms with Crippen LogP contribution in [0.1, 0.15) is 119 Å². The molecule has 0 aliphatic heterocycles. The van der Waals surface area contributed by atoms with Crippen molar-refractivity contribution < 1.29 is 14.2 Å². The van der Waals surface area contributed by atoms with Crippen LogP contribution in [0.2, 0.25) is 0 Å². The lowest BCUT2D eigenvalue weighted by molar-refractivity contribution is 0.183. The number of nitrogens with one attached hydrogen (secondary N) is 3. The predicted molar refractivity (Wildman–Crippen MR) is 236 cm³/mol. The van der Waals surface area contributed by atoms with Gasteiger partial charge in [0.2, 0.25) is 0 Å². The average molecular weight is 772 g/mol. The summed E-state index contributed by atoms with van der Waals surface area (Å²) < 4.78 is 19.2. The molecule has 0 amide bonds. The first kappa shape index (κ1) is 39.9. The van der Waals surface area contributed by atoms with E-state index in [0.29, 0.717) is 66.5 Å². The van der Waals surface area contributed by atoms with Gasteiger partial charge in [0.05, 0.1) is 67.6 Å². The highest BCUT2D eigenvalue weighted by Crippen LogP contribution is 2.34. The van der Waals surface area contributed by atoms with Crippen molar-refractivity contribution >= 4 is 65.4 Å². The zero-order valence-electron chi connectivity index (χ0n) is 34.4. The van der Waals surface area contributed by atoms with Gasteiger partial charge in [0.1, 0.15) is 17.2 Å². The van der Waals surface area contributed by atoms with Crippen LogP contribution >= 0.6 is 0 Å². The quantitative estimate of drug-likeness (QED) is 0.0589. The second-order valence-corrected chi connectivity index (χ2v) is 15.6. The van der Waals surface area contributed by atoms with E-state index in [1.54, 1.807) is 18.2 Å². The minimum absolute atomic E-state index is 0.0301. The van der Waals surface area contributed by atoms with Gasteiger partial charge in [-0.05, 0) is 93.1 Å². The lowest BCUT2D eigenvalue weighted by Crippen LogP contribution is -2.17. The highest BCUT2D eigenvalue weighted by atomic mass is 16.5. The topological polar surface area (TPSA) is 126 Å². The van der Waals surface area contributed by atoms with Gasteiger partial charge in [0.15, 0.2) is 16.3 Å². The first-order valence-electron chi connectivity index (χ1n) is 21.3. The largest absolute Gasteiger partial charge is 0.490 e. The molecule has 0 aliphatic carbocycles. The molecule has 0 saturated carbocycles. The molecule has 0 radical (unpaired) electrons. The molecule has 0 fully saturated rings. The number of unbranched alkanes of at least 4 members (excludes halogenated alkanes) is 3. The molecule has 0 spiro atoms. The number of aromatic amines is 3. The Morgan fingerprint density at radius 1 is 0.439 bits per heavy atom. The fourth-order valence-corrected chi connectivity index (χ4v) is 8.21. The third kappa shape index (κ3) is 7.85. The number of hydrogen-bond donors (Lipinski definition) is 3. The first-order valence-corrected chi connectivity index (χ1v) is 21.3. The van der Waals surface area contributed by atoms with Crippen molar-refractivity contribution in [2.75, 3.05) is 0 Å². The molecule has 0 saturated heterocycles. The van der Waals surface area contributed by atoms with Crippen molar-refractivity contribution in [1.29, 1.82) is 0 Å². The number of benzene rings is 4. The summed E-state index contributed by atoms with van der Waals surface area (Å²) in [6.45, 7) is 12.8. The van der Waals surface area contributed by atoms with E-state index in [1.807, 2.05) is 36.4 Å². The molecule has 3 atom stereocenters. The maximum atomic E-state index is 14.9. The Bertz CT molecular complexity index is 2420. The fraction of sp³-hybridized carbons (Fsp3) is 0.438. The van der Waals surface area contributed by atoms with Gasteiger partial charge in [-0.3, -0.25) is 14.4 Å². The van der Waals surface area contributed by atoms with E-state index in [-0.39, 0.29) is 50.8 Å². The molecule has 0 bridgehead atoms. The van der Waals surface area contributed by atoms with Crippen molar-refractivity contribution in [3.63, 3.8) is 0 Å². The Labute approximate surface area is 333 Å². The van der Waals surface area contributed by atoms with Crippen LogP contribution in [0.15, 0.2) is 69.0 Å². The van der Waals surface area contributed by atoms with Crippen molar-refractivity contribution in [2.24, 2.45) is 0 Å². The van der Waals surface area contributed by atoms with Gasteiger partial charge < -0.3 is 29.2 Å². The van der Waals surface area contributed by atoms with E-state index in [1.165, 1.54) is 0 Å². The van der Waals surface area contributed by atoms with Crippen LogP contribution in [0.3, 0.4) is 0 Å². The normalized spacial score (nSPS) is 13.6. The zero-order chi connectivity index (χ0) is 40.2. The molecule has 3 aromatic heterocycles. The van der Waals surface area contributed by atoms with Gasteiger partial charge in [-0.15, -0.1) is 0 Å². The van der Waals surface area contributed by atoms with Crippen LogP contribution in [0.4, 0.5) is 0 Å². The van der Waals surface area contributed by atoms with Crippen LogP contribution < -0.4 is 30.5 Å². The van der Waals surface area contributed by atoms with Crippen molar-refractivity contribution in [2.45, 2.75) is 137 Å². The van der Waals surface area contributed by atoms with Gasteiger partial charge >= 0.3 is 0 Å². The highest BCUT2D eigenvalue weighted by molar-refractivity contribution is 6.25. The average Bonchev–Trinajstić information content (AvgIpc) is 3.22. The van der Waals surface area contributed by atoms with Gasteiger partial charge in [-0.1, -0.05) is 80.1 Å². The van der Waals surface area contributed by atoms with Gasteiger partial charge in [-0.2, -0.15) is 0 Å². The molecule has 3 heterocycles. The van der Waals surface area contributed by atoms with E-state index in [4.69, 9.17) is 14.2 Å². The second-order valence-electron chi connectivity index (χ2n) is 15.6. The Kier molecular flexibility index (Phi) is 12.2. The number of H-pyrrole nitrogens is 3. The number of ether oxygens (including phenoxy) is 3. The van der Waals surface area contributed by atoms with Crippen molar-refractivity contribution in [1.82, 2.24) is 15.0 Å². The van der Waals surface area contributed by atoms with Crippen molar-refractivity contribution in [3.8, 4) is 17.2 Å². The van der Waals surface area contributed by atoms with Crippen LogP contribution in [-0.2, 0) is 0 Å². The van der Waals surface area contributed by atoms with E-state index >= 15 is 0 Å². The minimum atomic E-state index is -0.298. The Morgan fingerprint density at radius 2 is 0.719 bits per heavy atom. The SMILES string of the molecule is CCCCC(CC)Oc1ccc2[nH]c3c4c(=O)c5cc(OC(CC)CCCC)ccc5[nH]c4c4c(=O)c5cc(OC(CC)CCCC)ccc5[nH]c4c3c(=O)c2c1. The number of fused-ring (bicyclic) bond motifs is 9. The summed E-state index contributed by atoms with van der Waals surface area (Å²) in [6, 6.07) is 16.5. The summed E-state index contributed by atoms with van der Waals surface area (Å²) >= 11 is 0. The number of pyridine rings is 3. The monoisotopic (exact) mass is 771 g/mol. The summed E-state index contributed by atoms with van der Waals surface area (Å²) in [6.07, 6.45) is 11.8. The molecular formula is C48H57N3O6. The molecule has 3 N–H and O–H groups in total. The molecular weight excluding hydrogens is 715 g/mol. The van der Waals surface area contributed by atoms with E-state index in [0.717, 1.165) is 77.0 Å². The summed E-state index contributed by atoms with van der Waals surface area (Å²) in [5.41, 5.74) is 1.89. The predicted octanol–water partition coefficient (Wildman–Crippen LogP) is 11.7. The van der Waals surface area contributed by atoms with E-state index < -0.39 is 0 Å². The number of hydrogen-bond acceptors (Lipinski definition) is 6. The molecule has 300 valence electrons. The summed E-state index contributed by atoms with van der Waals surface area (Å²) in [5, 5.41) is 1.98. The smallest absolute Gasteiger partial charge is 0.199 e. The minimum Gasteiger partial charge on any atom is -0.490 e. The van der Waals surface area contributed by atoms with Gasteiger partial charge in [-0.25, -0.2) is 0 Å². The Balaban J connectivity index is 1.51. The van der Waals surface area contributed by atoms with Crippen LogP contribution in [0.5, 0.6) is 17.2 Å². The Morgan fingerprint density at radius 3 is 0.965 bits per heavy atom. The fourth-order valence-electron chi connectivity index (χ4n) is 8.21. The first-order chi connectivity index (χ1) is 27.7. The van der Waals surface area contributed by atoms with Gasteiger partial charge in [0, 0.05) is 16.2 Å². The molecule has 7 rings (SSSR count). The Hall–Kier alpha value is -5.31. The molecule has 4 aromatic carbocycles. The van der Waals surface area contributed by atoms with Gasteiger partial charge in [0.25, 0.3) is 0 Å². The maximum Gasteiger partial charge on any atom is 0.199 e. The molecule has 0 aliphatic rings. The maximum absolute atomic E-state index is 14.9. The van der Waals surface area contributed by atoms with Crippen LogP contribution in [0.25, 0.3) is 65.4 Å². The molecule has 7 aromatic rings. The second kappa shape index (κ2) is 17.5. The molecule has 9 nitrogen and oxygen atoms in total. The van der Waals surface area contributed by atoms with E-state index in [2.05, 4.69) is 56.5 Å². The lowest BCUT2D eigenvalue weighted by atomic mass is 9.98. The standard InChI is InChI=1S/C48H57N3O6/c1-7-13-16-28(10-4)55-31-19-22-37-34(25-31)46(52)40-43(49-37)41-45(51-39-24-21-33(27-36(39)47(41)53)57-30(12-6)18-15-9-3)42-44(40)50-38-23-20-32(26-35(38)48(42)54)56-29(11-5)17-14-8-2/h19-30H,7-18H2,1-6H3,(H,49,52)(H,50,54)(H,51,53). The summed E-state index contributed by atoms with van der Waals surface area (Å²) in [7, 11) is 0. The zero-order valence-corrected chi connectivity index (χ0v) is 34.4. The number of rotatable bonds is 18. The third-order valence-electron chi connectivity index (χ3n) is 11.6. The molecule has 57 heavy (non-hydrogen) atoms. The van der Waals surface area contributed by atoms with E-state index in [9.17, 15) is 14.4 Å². The third-order valence-corrected chi connectivity index (χ3v) is 11.6. The number of aromatic nitrogens is 3. The van der Waals surface area contributed by atoms with Crippen LogP contribution in [-0.4, -0.2) is 33.3 Å². The van der Waals surface area contributed by atoms with Crippen LogP contribution in [0, 0.1) is 0 Å². The molecule has 9 heteroatoms. The highest BCUT2D eigenvalue weighted by Gasteiger charge is 2.23. The summed E-state index contributed by atoms with van der Waals surface area (Å²) in [4.78, 5) is 55.1. The lowest BCUT2D eigenvalue weighted by Gasteiger charge is -2.19. The van der Waals surface area contributed by atoms with Crippen molar-refractivity contribution in [3.05, 3.63) is 85.3 Å². The summed E-state index contributed by atoms with van der Waals surface area (Å²) in [5.74, 6) is 1.82.